The number of nitrogens with zero attached hydrogens (tertiary/aromatic N) is 1. The molecule has 5 heteroatoms. The third-order valence-corrected chi connectivity index (χ3v) is 5.02. The number of aromatic nitrogens is 1. The van der Waals surface area contributed by atoms with Gasteiger partial charge in [0.15, 0.2) is 0 Å². The van der Waals surface area contributed by atoms with Crippen LogP contribution in [0, 0.1) is 20.8 Å². The van der Waals surface area contributed by atoms with Gasteiger partial charge in [-0.2, -0.15) is 0 Å². The lowest BCUT2D eigenvalue weighted by Crippen LogP contribution is -2.45. The molecule has 0 bridgehead atoms. The molecule has 0 saturated carbocycles. The molecule has 0 fully saturated rings. The molecule has 0 radical (unpaired) electrons. The van der Waals surface area contributed by atoms with E-state index in [4.69, 9.17) is 5.73 Å². The van der Waals surface area contributed by atoms with E-state index in [0.29, 0.717) is 6.42 Å². The average Bonchev–Trinajstić information content (AvgIpc) is 2.75. The summed E-state index contributed by atoms with van der Waals surface area (Å²) >= 11 is 1.54. The maximum absolute atomic E-state index is 12.0. The molecule has 21 heavy (non-hydrogen) atoms. The highest BCUT2D eigenvalue weighted by Gasteiger charge is 2.41. The number of hydrogen-bond acceptors (Lipinski definition) is 4. The van der Waals surface area contributed by atoms with Gasteiger partial charge < -0.3 is 10.8 Å². The molecule has 0 aliphatic carbocycles. The van der Waals surface area contributed by atoms with Crippen molar-refractivity contribution in [1.82, 2.24) is 4.98 Å². The molecule has 3 N–H and O–H groups in total. The summed E-state index contributed by atoms with van der Waals surface area (Å²) in [5, 5.41) is 10.7. The molecule has 1 unspecified atom stereocenters. The summed E-state index contributed by atoms with van der Waals surface area (Å²) in [4.78, 5) is 17.6. The van der Waals surface area contributed by atoms with Crippen LogP contribution in [-0.2, 0) is 16.6 Å². The van der Waals surface area contributed by atoms with Crippen molar-refractivity contribution in [3.8, 4) is 0 Å². The van der Waals surface area contributed by atoms with E-state index < -0.39 is 11.4 Å². The van der Waals surface area contributed by atoms with E-state index in [-0.39, 0.29) is 6.54 Å². The zero-order chi connectivity index (χ0) is 15.6. The van der Waals surface area contributed by atoms with Gasteiger partial charge in [0, 0.05) is 17.8 Å². The Bertz CT molecular complexity index is 647. The van der Waals surface area contributed by atoms with Gasteiger partial charge in [0.2, 0.25) is 0 Å². The zero-order valence-corrected chi connectivity index (χ0v) is 13.3. The minimum Gasteiger partial charge on any atom is -0.481 e. The monoisotopic (exact) mass is 304 g/mol. The first-order chi connectivity index (χ1) is 9.90. The lowest BCUT2D eigenvalue weighted by molar-refractivity contribution is -0.143. The molecule has 0 aliphatic rings. The number of hydrogen-bond donors (Lipinski definition) is 2. The largest absolute Gasteiger partial charge is 0.481 e. The SMILES string of the molecule is Cc1ccccc1C(CN)(Cc1nc(C)c(C)s1)C(=O)O. The van der Waals surface area contributed by atoms with Gasteiger partial charge in [-0.15, -0.1) is 11.3 Å². The van der Waals surface area contributed by atoms with Crippen LogP contribution in [0.1, 0.15) is 26.7 Å². The normalized spacial score (nSPS) is 13.9. The summed E-state index contributed by atoms with van der Waals surface area (Å²) in [5.74, 6) is -0.898. The zero-order valence-electron chi connectivity index (χ0n) is 12.5. The van der Waals surface area contributed by atoms with Gasteiger partial charge in [0.05, 0.1) is 10.7 Å². The predicted molar refractivity (Wildman–Crippen MR) is 84.8 cm³/mol. The molecule has 112 valence electrons. The Morgan fingerprint density at radius 3 is 2.48 bits per heavy atom. The van der Waals surface area contributed by atoms with Gasteiger partial charge in [0.25, 0.3) is 0 Å². The van der Waals surface area contributed by atoms with Gasteiger partial charge in [0.1, 0.15) is 5.41 Å². The second-order valence-corrected chi connectivity index (χ2v) is 6.62. The third-order valence-electron chi connectivity index (χ3n) is 3.94. The van der Waals surface area contributed by atoms with E-state index in [9.17, 15) is 9.90 Å². The minimum absolute atomic E-state index is 0.0465. The average molecular weight is 304 g/mol. The maximum atomic E-state index is 12.0. The lowest BCUT2D eigenvalue weighted by atomic mass is 9.76. The number of thiazole rings is 1. The molecule has 1 heterocycles. The van der Waals surface area contributed by atoms with E-state index in [1.54, 1.807) is 11.3 Å². The topological polar surface area (TPSA) is 76.2 Å². The minimum atomic E-state index is -1.12. The fourth-order valence-corrected chi connectivity index (χ4v) is 3.59. The van der Waals surface area contributed by atoms with Crippen LogP contribution in [0.3, 0.4) is 0 Å². The number of carboxylic acid groups (broad SMARTS) is 1. The van der Waals surface area contributed by atoms with E-state index >= 15 is 0 Å². The second-order valence-electron chi connectivity index (χ2n) is 5.33. The Hall–Kier alpha value is -1.72. The second kappa shape index (κ2) is 5.95. The van der Waals surface area contributed by atoms with Crippen molar-refractivity contribution < 1.29 is 9.90 Å². The van der Waals surface area contributed by atoms with E-state index in [1.165, 1.54) is 0 Å². The smallest absolute Gasteiger partial charge is 0.315 e. The first kappa shape index (κ1) is 15.7. The number of benzene rings is 1. The van der Waals surface area contributed by atoms with Gasteiger partial charge >= 0.3 is 5.97 Å². The number of carbonyl (C=O) groups is 1. The van der Waals surface area contributed by atoms with Crippen LogP contribution in [0.2, 0.25) is 0 Å². The summed E-state index contributed by atoms with van der Waals surface area (Å²) in [6.07, 6.45) is 0.322. The van der Waals surface area contributed by atoms with Crippen LogP contribution < -0.4 is 5.73 Å². The number of nitrogens with two attached hydrogens (primary N) is 1. The van der Waals surface area contributed by atoms with Crippen LogP contribution in [0.4, 0.5) is 0 Å². The van der Waals surface area contributed by atoms with Gasteiger partial charge in [-0.05, 0) is 31.9 Å². The molecule has 0 saturated heterocycles. The molecule has 0 amide bonds. The standard InChI is InChI=1S/C16H20N2O2S/c1-10-6-4-5-7-13(10)16(9-17,15(19)20)8-14-18-11(2)12(3)21-14/h4-7H,8-9,17H2,1-3H3,(H,19,20). The van der Waals surface area contributed by atoms with Crippen LogP contribution >= 0.6 is 11.3 Å². The molecular weight excluding hydrogens is 284 g/mol. The summed E-state index contributed by atoms with van der Waals surface area (Å²) in [6, 6.07) is 7.53. The highest BCUT2D eigenvalue weighted by Crippen LogP contribution is 2.32. The van der Waals surface area contributed by atoms with Crippen molar-refractivity contribution in [2.24, 2.45) is 5.73 Å². The lowest BCUT2D eigenvalue weighted by Gasteiger charge is -2.29. The van der Waals surface area contributed by atoms with Crippen LogP contribution in [0.15, 0.2) is 24.3 Å². The van der Waals surface area contributed by atoms with E-state index in [0.717, 1.165) is 26.7 Å². The van der Waals surface area contributed by atoms with Crippen molar-refractivity contribution in [2.45, 2.75) is 32.6 Å². The molecule has 2 aromatic rings. The van der Waals surface area contributed by atoms with Gasteiger partial charge in [-0.3, -0.25) is 4.79 Å². The molecule has 1 aromatic heterocycles. The summed E-state index contributed by atoms with van der Waals surface area (Å²) in [6.45, 7) is 5.90. The highest BCUT2D eigenvalue weighted by molar-refractivity contribution is 7.11. The number of aryl methyl sites for hydroxylation is 3. The van der Waals surface area contributed by atoms with E-state index in [1.807, 2.05) is 45.0 Å². The van der Waals surface area contributed by atoms with Crippen molar-refractivity contribution in [3.05, 3.63) is 51.0 Å². The number of rotatable bonds is 5. The van der Waals surface area contributed by atoms with Crippen LogP contribution in [-0.4, -0.2) is 22.6 Å². The predicted octanol–water partition coefficient (Wildman–Crippen LogP) is 2.59. The van der Waals surface area contributed by atoms with Gasteiger partial charge in [-0.1, -0.05) is 24.3 Å². The fraction of sp³-hybridized carbons (Fsp3) is 0.375. The molecule has 1 aromatic carbocycles. The summed E-state index contributed by atoms with van der Waals surface area (Å²) in [5.41, 5.74) is 7.44. The maximum Gasteiger partial charge on any atom is 0.315 e. The van der Waals surface area contributed by atoms with Crippen molar-refractivity contribution in [2.75, 3.05) is 6.54 Å². The van der Waals surface area contributed by atoms with Crippen LogP contribution in [0.5, 0.6) is 0 Å². The molecule has 1 atom stereocenters. The quantitative estimate of drug-likeness (QED) is 0.890. The Labute approximate surface area is 128 Å². The van der Waals surface area contributed by atoms with Crippen molar-refractivity contribution in [1.29, 1.82) is 0 Å². The van der Waals surface area contributed by atoms with Crippen molar-refractivity contribution in [3.63, 3.8) is 0 Å². The third kappa shape index (κ3) is 2.84. The molecule has 0 spiro atoms. The first-order valence-corrected chi connectivity index (χ1v) is 7.65. The Balaban J connectivity index is 2.52. The van der Waals surface area contributed by atoms with Crippen LogP contribution in [0.25, 0.3) is 0 Å². The summed E-state index contributed by atoms with van der Waals surface area (Å²) < 4.78 is 0. The molecule has 4 nitrogen and oxygen atoms in total. The Morgan fingerprint density at radius 2 is 2.00 bits per heavy atom. The molecule has 0 aliphatic heterocycles. The Kier molecular flexibility index (Phi) is 4.44. The highest BCUT2D eigenvalue weighted by atomic mass is 32.1. The molecular formula is C16H20N2O2S. The van der Waals surface area contributed by atoms with Gasteiger partial charge in [-0.25, -0.2) is 4.98 Å². The number of carboxylic acids is 1. The number of aliphatic carboxylic acids is 1. The van der Waals surface area contributed by atoms with E-state index in [2.05, 4.69) is 4.98 Å². The van der Waals surface area contributed by atoms with Crippen molar-refractivity contribution >= 4 is 17.3 Å². The summed E-state index contributed by atoms with van der Waals surface area (Å²) in [7, 11) is 0. The first-order valence-electron chi connectivity index (χ1n) is 6.83. The molecule has 2 rings (SSSR count). The Morgan fingerprint density at radius 1 is 1.33 bits per heavy atom. The fourth-order valence-electron chi connectivity index (χ4n) is 2.54.